The number of hydrogen-bond acceptors (Lipinski definition) is 8. The molecule has 0 saturated heterocycles. The molecule has 100 heavy (non-hydrogen) atoms. The summed E-state index contributed by atoms with van der Waals surface area (Å²) in [7, 11) is 1.18. The van der Waals surface area contributed by atoms with Crippen LogP contribution >= 0.6 is 7.82 Å². The van der Waals surface area contributed by atoms with Crippen LogP contribution in [0, 0.1) is 0 Å². The number of hydrogen-bond donors (Lipinski definition) is 0. The topological polar surface area (TPSA) is 111 Å². The number of unbranched alkanes of at least 4 members (excludes halogenated alkanes) is 47. The Labute approximate surface area is 620 Å². The highest BCUT2D eigenvalue weighted by Crippen LogP contribution is 2.38. The number of nitrogens with zero attached hydrogens (tertiary/aromatic N) is 1. The summed E-state index contributed by atoms with van der Waals surface area (Å²) in [5.41, 5.74) is 0. The zero-order valence-electron chi connectivity index (χ0n) is 66.4. The second-order valence-electron chi connectivity index (χ2n) is 29.8. The van der Waals surface area contributed by atoms with E-state index in [0.29, 0.717) is 17.4 Å². The molecule has 2 atom stereocenters. The van der Waals surface area contributed by atoms with E-state index in [-0.39, 0.29) is 32.0 Å². The van der Waals surface area contributed by atoms with Crippen molar-refractivity contribution in [2.45, 2.75) is 405 Å². The van der Waals surface area contributed by atoms with E-state index < -0.39 is 26.5 Å². The van der Waals surface area contributed by atoms with Gasteiger partial charge in [-0.25, -0.2) is 0 Å². The number of carbonyl (C=O) groups excluding carboxylic acids is 2. The van der Waals surface area contributed by atoms with E-state index in [2.05, 4.69) is 123 Å². The van der Waals surface area contributed by atoms with E-state index in [9.17, 15) is 19.0 Å². The number of phosphoric ester groups is 1. The second kappa shape index (κ2) is 79.8. The molecule has 0 saturated carbocycles. The molecule has 0 spiro atoms. The third-order valence-corrected chi connectivity index (χ3v) is 19.8. The van der Waals surface area contributed by atoms with Crippen LogP contribution in [0.3, 0.4) is 0 Å². The van der Waals surface area contributed by atoms with Gasteiger partial charge < -0.3 is 27.9 Å². The van der Waals surface area contributed by atoms with Crippen LogP contribution in [0.1, 0.15) is 399 Å². The van der Waals surface area contributed by atoms with Gasteiger partial charge in [0.25, 0.3) is 7.82 Å². The van der Waals surface area contributed by atoms with E-state index in [1.54, 1.807) is 0 Å². The Kier molecular flexibility index (Phi) is 77.1. The molecule has 0 N–H and O–H groups in total. The monoisotopic (exact) mass is 1420 g/mol. The molecule has 0 aromatic carbocycles. The van der Waals surface area contributed by atoms with Crippen LogP contribution in [-0.2, 0) is 32.7 Å². The number of phosphoric acid groups is 1. The van der Waals surface area contributed by atoms with Crippen molar-refractivity contribution in [3.63, 3.8) is 0 Å². The SMILES string of the molecule is CC/C=C\C/C=C\C/C=C\C/C=C\C/C=C\CCCCCCCCCCCCCCCCCCCCCCCCCCCC(=O)OC(COC(=O)CCCCCCCCCCCCCCCCCCCCCCCC/C=C\C/C=C\C/C=C\C/C=C\CC)COP(=O)([O-])OCC[N+](C)(C)C. The van der Waals surface area contributed by atoms with E-state index >= 15 is 0 Å². The molecule has 0 aliphatic heterocycles. The normalized spacial score (nSPS) is 13.5. The van der Waals surface area contributed by atoms with Gasteiger partial charge in [-0.2, -0.15) is 0 Å². The highest BCUT2D eigenvalue weighted by Gasteiger charge is 2.22. The Bertz CT molecular complexity index is 2060. The number of ether oxygens (including phenoxy) is 2. The smallest absolute Gasteiger partial charge is 0.306 e. The molecular formula is C90H162NO8P. The van der Waals surface area contributed by atoms with Crippen molar-refractivity contribution in [2.75, 3.05) is 47.5 Å². The van der Waals surface area contributed by atoms with Crippen molar-refractivity contribution in [1.82, 2.24) is 0 Å². The number of esters is 2. The lowest BCUT2D eigenvalue weighted by molar-refractivity contribution is -0.870. The molecule has 0 radical (unpaired) electrons. The van der Waals surface area contributed by atoms with Gasteiger partial charge in [-0.3, -0.25) is 14.2 Å². The van der Waals surface area contributed by atoms with Gasteiger partial charge in [0.1, 0.15) is 19.8 Å². The van der Waals surface area contributed by atoms with E-state index in [0.717, 1.165) is 89.9 Å². The van der Waals surface area contributed by atoms with Crippen molar-refractivity contribution >= 4 is 19.8 Å². The summed E-state index contributed by atoms with van der Waals surface area (Å²) in [6.07, 6.45) is 114. The third kappa shape index (κ3) is 83.6. The first kappa shape index (κ1) is 96.7. The quantitative estimate of drug-likeness (QED) is 0.0195. The molecular weight excluding hydrogens is 1250 g/mol. The fourth-order valence-electron chi connectivity index (χ4n) is 12.4. The molecule has 0 aliphatic rings. The van der Waals surface area contributed by atoms with Crippen molar-refractivity contribution in [2.24, 2.45) is 0 Å². The minimum atomic E-state index is -4.65. The summed E-state index contributed by atoms with van der Waals surface area (Å²) in [6.45, 7) is 4.07. The van der Waals surface area contributed by atoms with Gasteiger partial charge in [0.2, 0.25) is 0 Å². The molecule has 0 aromatic rings. The summed E-state index contributed by atoms with van der Waals surface area (Å²) >= 11 is 0. The van der Waals surface area contributed by atoms with E-state index in [1.807, 2.05) is 21.1 Å². The first-order valence-electron chi connectivity index (χ1n) is 42.6. The summed E-state index contributed by atoms with van der Waals surface area (Å²) in [5.74, 6) is -0.812. The lowest BCUT2D eigenvalue weighted by Gasteiger charge is -2.28. The van der Waals surface area contributed by atoms with Crippen LogP contribution in [0.15, 0.2) is 109 Å². The molecule has 0 bridgehead atoms. The molecule has 0 heterocycles. The average Bonchev–Trinajstić information content (AvgIpc) is 1.30. The summed E-state index contributed by atoms with van der Waals surface area (Å²) in [5, 5.41) is 0. The minimum absolute atomic E-state index is 0.0301. The lowest BCUT2D eigenvalue weighted by Crippen LogP contribution is -2.37. The highest BCUT2D eigenvalue weighted by atomic mass is 31.2. The predicted molar refractivity (Wildman–Crippen MR) is 434 cm³/mol. The van der Waals surface area contributed by atoms with Gasteiger partial charge in [0.15, 0.2) is 6.10 Å². The third-order valence-electron chi connectivity index (χ3n) is 18.8. The van der Waals surface area contributed by atoms with Crippen molar-refractivity contribution in [3.05, 3.63) is 109 Å². The summed E-state index contributed by atoms with van der Waals surface area (Å²) in [6, 6.07) is 0. The zero-order chi connectivity index (χ0) is 72.5. The van der Waals surface area contributed by atoms with Crippen LogP contribution < -0.4 is 4.89 Å². The van der Waals surface area contributed by atoms with Gasteiger partial charge in [-0.1, -0.05) is 399 Å². The Hall–Kier alpha value is -3.33. The minimum Gasteiger partial charge on any atom is -0.756 e. The Morgan fingerprint density at radius 2 is 0.540 bits per heavy atom. The molecule has 2 unspecified atom stereocenters. The first-order valence-corrected chi connectivity index (χ1v) is 44.1. The number of carbonyl (C=O) groups is 2. The molecule has 10 heteroatoms. The fourth-order valence-corrected chi connectivity index (χ4v) is 13.1. The maximum Gasteiger partial charge on any atom is 0.306 e. The number of allylic oxidation sites excluding steroid dienone is 18. The van der Waals surface area contributed by atoms with Crippen LogP contribution in [0.5, 0.6) is 0 Å². The van der Waals surface area contributed by atoms with Crippen LogP contribution in [0.2, 0.25) is 0 Å². The van der Waals surface area contributed by atoms with E-state index in [1.165, 1.54) is 276 Å². The fraction of sp³-hybridized carbons (Fsp3) is 0.778. The zero-order valence-corrected chi connectivity index (χ0v) is 67.3. The Morgan fingerprint density at radius 3 is 0.800 bits per heavy atom. The molecule has 0 fully saturated rings. The largest absolute Gasteiger partial charge is 0.756 e. The van der Waals surface area contributed by atoms with Gasteiger partial charge in [-0.15, -0.1) is 0 Å². The maximum atomic E-state index is 12.9. The number of rotatable bonds is 79. The van der Waals surface area contributed by atoms with Crippen molar-refractivity contribution in [1.29, 1.82) is 0 Å². The van der Waals surface area contributed by atoms with Gasteiger partial charge in [0.05, 0.1) is 27.7 Å². The summed E-state index contributed by atoms with van der Waals surface area (Å²) in [4.78, 5) is 38.2. The number of quaternary nitrogens is 1. The Balaban J connectivity index is 3.88. The summed E-state index contributed by atoms with van der Waals surface area (Å²) < 4.78 is 34.5. The van der Waals surface area contributed by atoms with Crippen molar-refractivity contribution in [3.8, 4) is 0 Å². The van der Waals surface area contributed by atoms with Gasteiger partial charge in [-0.05, 0) is 96.3 Å². The van der Waals surface area contributed by atoms with Crippen LogP contribution in [-0.4, -0.2) is 70.0 Å². The molecule has 0 rings (SSSR count). The lowest BCUT2D eigenvalue weighted by atomic mass is 10.0. The average molecular weight is 1420 g/mol. The first-order chi connectivity index (χ1) is 49.0. The predicted octanol–water partition coefficient (Wildman–Crippen LogP) is 28.1. The second-order valence-corrected chi connectivity index (χ2v) is 31.2. The van der Waals surface area contributed by atoms with Crippen LogP contribution in [0.25, 0.3) is 0 Å². The highest BCUT2D eigenvalue weighted by molar-refractivity contribution is 7.45. The maximum absolute atomic E-state index is 12.9. The van der Waals surface area contributed by atoms with E-state index in [4.69, 9.17) is 18.5 Å². The molecule has 0 aliphatic carbocycles. The molecule has 580 valence electrons. The Morgan fingerprint density at radius 1 is 0.310 bits per heavy atom. The standard InChI is InChI=1S/C90H162NO8P/c1-6-8-10-12-14-16-18-20-22-24-26-28-30-32-34-36-38-40-42-43-44-45-46-47-49-51-53-55-57-59-61-63-65-67-69-71-73-75-77-79-81-83-90(93)99-88(87-98-100(94,95)97-85-84-91(3,4)5)86-96-89(92)82-80-78-76-74-72-70-68-66-64-62-60-58-56-54-52-50-48-41-39-37-35-33-31-29-27-25-23-21-19-17-15-13-11-9-7-2/h8-11,14-17,20-23,26-29,32,34,88H,6-7,12-13,18-19,24-25,30-31,33,35-87H2,1-5H3/b10-8-,11-9-,16-14-,17-15-,22-20-,23-21-,28-26-,29-27-,34-32-. The molecule has 0 amide bonds. The molecule has 0 aromatic heterocycles. The van der Waals surface area contributed by atoms with Crippen LogP contribution in [0.4, 0.5) is 0 Å². The van der Waals surface area contributed by atoms with Crippen molar-refractivity contribution < 1.29 is 42.1 Å². The van der Waals surface area contributed by atoms with Gasteiger partial charge in [0, 0.05) is 12.8 Å². The number of likely N-dealkylation sites (N-methyl/N-ethyl adjacent to an activating group) is 1. The van der Waals surface area contributed by atoms with Gasteiger partial charge >= 0.3 is 11.9 Å². The molecule has 9 nitrogen and oxygen atoms in total.